The van der Waals surface area contributed by atoms with E-state index in [9.17, 15) is 4.79 Å². The molecule has 4 heterocycles. The number of nitrogens with one attached hydrogen (secondary N) is 2. The normalized spacial score (nSPS) is 19.0. The van der Waals surface area contributed by atoms with Crippen molar-refractivity contribution in [3.8, 4) is 11.3 Å². The fourth-order valence-electron chi connectivity index (χ4n) is 6.01. The third-order valence-corrected chi connectivity index (χ3v) is 7.80. The van der Waals surface area contributed by atoms with Crippen LogP contribution in [0.15, 0.2) is 30.3 Å². The number of nitrogens with zero attached hydrogens (tertiary/aromatic N) is 2. The summed E-state index contributed by atoms with van der Waals surface area (Å²) in [5, 5.41) is 4.62. The summed E-state index contributed by atoms with van der Waals surface area (Å²) in [6.45, 7) is 12.4. The Morgan fingerprint density at radius 1 is 1.14 bits per heavy atom. The number of amides is 1. The van der Waals surface area contributed by atoms with Crippen LogP contribution < -0.4 is 5.32 Å². The van der Waals surface area contributed by atoms with Crippen molar-refractivity contribution in [3.05, 3.63) is 52.8 Å². The molecule has 0 bridgehead atoms. The third-order valence-electron chi connectivity index (χ3n) is 7.80. The highest BCUT2D eigenvalue weighted by molar-refractivity contribution is 5.92. The molecule has 2 saturated heterocycles. The van der Waals surface area contributed by atoms with Gasteiger partial charge in [0.25, 0.3) is 0 Å². The van der Waals surface area contributed by atoms with E-state index >= 15 is 0 Å². The highest BCUT2D eigenvalue weighted by atomic mass is 16.5. The van der Waals surface area contributed by atoms with E-state index in [0.29, 0.717) is 18.4 Å². The van der Waals surface area contributed by atoms with Crippen LogP contribution in [0.25, 0.3) is 22.2 Å². The quantitative estimate of drug-likeness (QED) is 0.464. The van der Waals surface area contributed by atoms with E-state index in [1.165, 1.54) is 33.3 Å². The Hall–Kier alpha value is -2.70. The van der Waals surface area contributed by atoms with Crippen LogP contribution in [0.1, 0.15) is 73.9 Å². The maximum Gasteiger partial charge on any atom is 0.236 e. The zero-order chi connectivity index (χ0) is 25.2. The minimum Gasteiger partial charge on any atom is -0.377 e. The number of likely N-dealkylation sites (tertiary alicyclic amines) is 1. The number of aromatic amines is 1. The zero-order valence-corrected chi connectivity index (χ0v) is 22.2. The second kappa shape index (κ2) is 10.7. The molecule has 6 nitrogen and oxygen atoms in total. The van der Waals surface area contributed by atoms with Crippen LogP contribution in [0.5, 0.6) is 0 Å². The maximum absolute atomic E-state index is 12.7. The Kier molecular flexibility index (Phi) is 7.44. The molecule has 5 rings (SSSR count). The molecule has 0 saturated carbocycles. The molecule has 192 valence electrons. The smallest absolute Gasteiger partial charge is 0.236 e. The molecule has 0 aliphatic carbocycles. The third kappa shape index (κ3) is 5.35. The van der Waals surface area contributed by atoms with E-state index in [2.05, 4.69) is 73.3 Å². The van der Waals surface area contributed by atoms with E-state index < -0.39 is 0 Å². The number of aromatic nitrogens is 2. The molecule has 0 radical (unpaired) electrons. The fourth-order valence-corrected chi connectivity index (χ4v) is 6.01. The van der Waals surface area contributed by atoms with Crippen LogP contribution >= 0.6 is 0 Å². The highest BCUT2D eigenvalue weighted by Gasteiger charge is 2.25. The molecule has 2 aromatic heterocycles. The molecule has 3 aromatic rings. The molecule has 0 spiro atoms. The minimum absolute atomic E-state index is 0.210. The van der Waals surface area contributed by atoms with Gasteiger partial charge in [0.05, 0.1) is 18.3 Å². The first-order chi connectivity index (χ1) is 17.4. The molecule has 1 amide bonds. The van der Waals surface area contributed by atoms with Gasteiger partial charge in [-0.05, 0) is 86.8 Å². The molecule has 1 atom stereocenters. The number of aryl methyl sites for hydroxylation is 2. The number of piperidine rings is 1. The maximum atomic E-state index is 12.7. The predicted octanol–water partition coefficient (Wildman–Crippen LogP) is 5.44. The minimum atomic E-state index is 0.210. The van der Waals surface area contributed by atoms with Crippen molar-refractivity contribution in [2.75, 3.05) is 32.8 Å². The molecule has 2 N–H and O–H groups in total. The monoisotopic (exact) mass is 488 g/mol. The van der Waals surface area contributed by atoms with Gasteiger partial charge >= 0.3 is 0 Å². The van der Waals surface area contributed by atoms with Crippen molar-refractivity contribution in [1.29, 1.82) is 0 Å². The summed E-state index contributed by atoms with van der Waals surface area (Å²) in [6, 6.07) is 11.3. The fraction of sp³-hybridized carbons (Fsp3) is 0.533. The van der Waals surface area contributed by atoms with Gasteiger partial charge in [0.2, 0.25) is 5.91 Å². The zero-order valence-electron chi connectivity index (χ0n) is 22.2. The number of fused-ring (bicyclic) bond motifs is 1. The van der Waals surface area contributed by atoms with Gasteiger partial charge in [0.15, 0.2) is 0 Å². The lowest BCUT2D eigenvalue weighted by molar-refractivity contribution is -0.131. The van der Waals surface area contributed by atoms with E-state index in [1.807, 2.05) is 4.90 Å². The number of rotatable bonds is 7. The Balaban J connectivity index is 1.28. The highest BCUT2D eigenvalue weighted by Crippen LogP contribution is 2.38. The summed E-state index contributed by atoms with van der Waals surface area (Å²) in [6.07, 6.45) is 4.53. The van der Waals surface area contributed by atoms with Gasteiger partial charge in [-0.25, -0.2) is 0 Å². The van der Waals surface area contributed by atoms with Gasteiger partial charge in [0.1, 0.15) is 0 Å². The Morgan fingerprint density at radius 3 is 2.56 bits per heavy atom. The molecule has 2 aliphatic rings. The number of pyridine rings is 1. The van der Waals surface area contributed by atoms with Crippen LogP contribution in [0.3, 0.4) is 0 Å². The van der Waals surface area contributed by atoms with Crippen LogP contribution in [0, 0.1) is 13.8 Å². The molecule has 2 fully saturated rings. The average molecular weight is 489 g/mol. The molecular formula is C30H40N4O2. The van der Waals surface area contributed by atoms with Crippen molar-refractivity contribution < 1.29 is 9.53 Å². The lowest BCUT2D eigenvalue weighted by Gasteiger charge is -2.32. The van der Waals surface area contributed by atoms with Crippen molar-refractivity contribution in [2.24, 2.45) is 0 Å². The lowest BCUT2D eigenvalue weighted by Crippen LogP contribution is -2.43. The topological polar surface area (TPSA) is 70.2 Å². The van der Waals surface area contributed by atoms with Crippen LogP contribution in [0.2, 0.25) is 0 Å². The predicted molar refractivity (Wildman–Crippen MR) is 145 cm³/mol. The SMILES string of the molecule is Cc1cc(-c2[nH]c3ccc(C4CCN(C(=O)CNCC5CCCO5)CC4)cc3c2C(C)C)cc(C)n1. The standard InChI is InChI=1S/C30H40N4O2/c1-19(2)29-26-16-23(7-8-27(26)33-30(29)24-14-20(3)32-21(4)15-24)22-9-11-34(12-10-22)28(35)18-31-17-25-6-5-13-36-25/h7-8,14-16,19,22,25,31,33H,5-6,9-13,17-18H2,1-4H3. The number of benzene rings is 1. The largest absolute Gasteiger partial charge is 0.377 e. The molecule has 6 heteroatoms. The van der Waals surface area contributed by atoms with Crippen LogP contribution in [0.4, 0.5) is 0 Å². The Morgan fingerprint density at radius 2 is 1.89 bits per heavy atom. The number of carbonyl (C=O) groups excluding carboxylic acids is 1. The van der Waals surface area contributed by atoms with Crippen LogP contribution in [-0.4, -0.2) is 59.7 Å². The van der Waals surface area contributed by atoms with Gasteiger partial charge in [-0.15, -0.1) is 0 Å². The van der Waals surface area contributed by atoms with Gasteiger partial charge in [-0.1, -0.05) is 19.9 Å². The van der Waals surface area contributed by atoms with Crippen molar-refractivity contribution in [2.45, 2.75) is 71.3 Å². The first-order valence-corrected chi connectivity index (χ1v) is 13.6. The molecule has 1 aromatic carbocycles. The first-order valence-electron chi connectivity index (χ1n) is 13.6. The van der Waals surface area contributed by atoms with E-state index in [0.717, 1.165) is 63.3 Å². The van der Waals surface area contributed by atoms with Gasteiger partial charge in [0, 0.05) is 54.1 Å². The number of ether oxygens (including phenoxy) is 1. The van der Waals surface area contributed by atoms with E-state index in [1.54, 1.807) is 0 Å². The number of carbonyl (C=O) groups is 1. The summed E-state index contributed by atoms with van der Waals surface area (Å²) >= 11 is 0. The van der Waals surface area contributed by atoms with Gasteiger partial charge < -0.3 is 19.9 Å². The molecule has 1 unspecified atom stereocenters. The second-order valence-electron chi connectivity index (χ2n) is 10.9. The molecule has 2 aliphatic heterocycles. The lowest BCUT2D eigenvalue weighted by atomic mass is 9.87. The summed E-state index contributed by atoms with van der Waals surface area (Å²) in [5.41, 5.74) is 8.46. The second-order valence-corrected chi connectivity index (χ2v) is 10.9. The van der Waals surface area contributed by atoms with Crippen LogP contribution in [-0.2, 0) is 9.53 Å². The van der Waals surface area contributed by atoms with Crippen molar-refractivity contribution in [1.82, 2.24) is 20.2 Å². The van der Waals surface area contributed by atoms with E-state index in [-0.39, 0.29) is 12.0 Å². The average Bonchev–Trinajstić information content (AvgIpc) is 3.51. The summed E-state index contributed by atoms with van der Waals surface area (Å²) in [7, 11) is 0. The Labute approximate surface area is 214 Å². The van der Waals surface area contributed by atoms with Crippen molar-refractivity contribution in [3.63, 3.8) is 0 Å². The first kappa shape index (κ1) is 25.0. The van der Waals surface area contributed by atoms with Crippen molar-refractivity contribution >= 4 is 16.8 Å². The number of hydrogen-bond acceptors (Lipinski definition) is 4. The summed E-state index contributed by atoms with van der Waals surface area (Å²) in [4.78, 5) is 23.0. The number of H-pyrrole nitrogens is 1. The summed E-state index contributed by atoms with van der Waals surface area (Å²) < 4.78 is 5.64. The van der Waals surface area contributed by atoms with Gasteiger partial charge in [-0.2, -0.15) is 0 Å². The summed E-state index contributed by atoms with van der Waals surface area (Å²) in [5.74, 6) is 1.10. The van der Waals surface area contributed by atoms with E-state index in [4.69, 9.17) is 4.74 Å². The number of hydrogen-bond donors (Lipinski definition) is 2. The van der Waals surface area contributed by atoms with Gasteiger partial charge in [-0.3, -0.25) is 9.78 Å². The molecule has 36 heavy (non-hydrogen) atoms. The molecular weight excluding hydrogens is 448 g/mol. The Bertz CT molecular complexity index is 1200.